The molecular formula is C16H18N2O4. The van der Waals surface area contributed by atoms with E-state index in [-0.39, 0.29) is 23.3 Å². The number of nitrogens with zero attached hydrogens (tertiary/aromatic N) is 2. The zero-order chi connectivity index (χ0) is 15.5. The quantitative estimate of drug-likeness (QED) is 0.907. The van der Waals surface area contributed by atoms with E-state index in [4.69, 9.17) is 4.74 Å². The summed E-state index contributed by atoms with van der Waals surface area (Å²) in [7, 11) is 0. The van der Waals surface area contributed by atoms with Crippen molar-refractivity contribution in [3.05, 3.63) is 36.2 Å². The van der Waals surface area contributed by atoms with Gasteiger partial charge in [0, 0.05) is 6.07 Å². The summed E-state index contributed by atoms with van der Waals surface area (Å²) < 4.78 is 7.13. The average molecular weight is 302 g/mol. The van der Waals surface area contributed by atoms with Crippen LogP contribution in [0.5, 0.6) is 11.5 Å². The molecule has 6 nitrogen and oxygen atoms in total. The highest BCUT2D eigenvalue weighted by molar-refractivity contribution is 5.89. The second-order valence-corrected chi connectivity index (χ2v) is 5.47. The van der Waals surface area contributed by atoms with Crippen molar-refractivity contribution >= 4 is 5.97 Å². The summed E-state index contributed by atoms with van der Waals surface area (Å²) in [5.41, 5.74) is 0.465. The Hall–Kier alpha value is -2.50. The molecule has 0 aliphatic heterocycles. The van der Waals surface area contributed by atoms with Crippen molar-refractivity contribution in [3.8, 4) is 17.2 Å². The lowest BCUT2D eigenvalue weighted by molar-refractivity contribution is 0.0676. The lowest BCUT2D eigenvalue weighted by Crippen LogP contribution is -2.21. The Balaban J connectivity index is 1.93. The van der Waals surface area contributed by atoms with Crippen LogP contribution >= 0.6 is 0 Å². The van der Waals surface area contributed by atoms with Crippen LogP contribution in [-0.2, 0) is 0 Å². The van der Waals surface area contributed by atoms with E-state index < -0.39 is 5.97 Å². The summed E-state index contributed by atoms with van der Waals surface area (Å²) in [6.07, 6.45) is 6.78. The molecule has 2 aromatic rings. The maximum Gasteiger partial charge on any atom is 0.358 e. The van der Waals surface area contributed by atoms with Gasteiger partial charge in [-0.15, -0.1) is 0 Å². The molecule has 3 rings (SSSR count). The van der Waals surface area contributed by atoms with Gasteiger partial charge in [0.1, 0.15) is 5.75 Å². The van der Waals surface area contributed by atoms with Gasteiger partial charge in [-0.25, -0.2) is 9.48 Å². The second kappa shape index (κ2) is 6.09. The molecule has 6 heteroatoms. The number of benzene rings is 1. The molecular weight excluding hydrogens is 284 g/mol. The molecule has 1 aliphatic carbocycles. The van der Waals surface area contributed by atoms with Crippen LogP contribution < -0.4 is 4.74 Å². The first kappa shape index (κ1) is 14.4. The summed E-state index contributed by atoms with van der Waals surface area (Å²) in [5.74, 6) is -0.770. The SMILES string of the molecule is O=C(O)c1c(OC2CCCCC2)cnn1-c1cccc(O)c1. The van der Waals surface area contributed by atoms with E-state index in [0.29, 0.717) is 5.69 Å². The van der Waals surface area contributed by atoms with E-state index >= 15 is 0 Å². The molecule has 1 aromatic heterocycles. The number of aromatic carboxylic acids is 1. The molecule has 0 atom stereocenters. The normalized spacial score (nSPS) is 15.6. The third kappa shape index (κ3) is 2.90. The monoisotopic (exact) mass is 302 g/mol. The Morgan fingerprint density at radius 1 is 1.27 bits per heavy atom. The average Bonchev–Trinajstić information content (AvgIpc) is 2.92. The maximum absolute atomic E-state index is 11.6. The van der Waals surface area contributed by atoms with Crippen LogP contribution in [0.25, 0.3) is 5.69 Å². The van der Waals surface area contributed by atoms with Crippen molar-refractivity contribution in [2.45, 2.75) is 38.2 Å². The van der Waals surface area contributed by atoms with Gasteiger partial charge in [0.05, 0.1) is 18.0 Å². The first-order chi connectivity index (χ1) is 10.6. The van der Waals surface area contributed by atoms with Gasteiger partial charge in [0.2, 0.25) is 0 Å². The fourth-order valence-electron chi connectivity index (χ4n) is 2.80. The number of aromatic hydroxyl groups is 1. The second-order valence-electron chi connectivity index (χ2n) is 5.47. The van der Waals surface area contributed by atoms with Crippen molar-refractivity contribution in [1.82, 2.24) is 9.78 Å². The molecule has 22 heavy (non-hydrogen) atoms. The summed E-state index contributed by atoms with van der Waals surface area (Å²) in [5, 5.41) is 23.2. The molecule has 1 fully saturated rings. The van der Waals surface area contributed by atoms with Gasteiger partial charge in [0.15, 0.2) is 11.4 Å². The Labute approximate surface area is 128 Å². The zero-order valence-corrected chi connectivity index (χ0v) is 12.1. The van der Waals surface area contributed by atoms with Gasteiger partial charge in [-0.05, 0) is 37.8 Å². The lowest BCUT2D eigenvalue weighted by atomic mass is 9.98. The highest BCUT2D eigenvalue weighted by Crippen LogP contribution is 2.28. The molecule has 0 radical (unpaired) electrons. The highest BCUT2D eigenvalue weighted by atomic mass is 16.5. The molecule has 1 heterocycles. The van der Waals surface area contributed by atoms with Crippen molar-refractivity contribution in [2.24, 2.45) is 0 Å². The number of hydrogen-bond acceptors (Lipinski definition) is 4. The van der Waals surface area contributed by atoms with Crippen LogP contribution in [0.4, 0.5) is 0 Å². The van der Waals surface area contributed by atoms with Crippen molar-refractivity contribution < 1.29 is 19.7 Å². The van der Waals surface area contributed by atoms with E-state index in [0.717, 1.165) is 25.7 Å². The van der Waals surface area contributed by atoms with Crippen molar-refractivity contribution in [1.29, 1.82) is 0 Å². The van der Waals surface area contributed by atoms with Gasteiger partial charge in [-0.1, -0.05) is 12.5 Å². The molecule has 2 N–H and O–H groups in total. The smallest absolute Gasteiger partial charge is 0.358 e. The van der Waals surface area contributed by atoms with Crippen molar-refractivity contribution in [2.75, 3.05) is 0 Å². The summed E-state index contributed by atoms with van der Waals surface area (Å²) in [6, 6.07) is 6.31. The number of carboxylic acids is 1. The first-order valence-corrected chi connectivity index (χ1v) is 7.42. The fourth-order valence-corrected chi connectivity index (χ4v) is 2.80. The third-order valence-electron chi connectivity index (χ3n) is 3.86. The summed E-state index contributed by atoms with van der Waals surface area (Å²) in [4.78, 5) is 11.6. The van der Waals surface area contributed by atoms with E-state index in [1.54, 1.807) is 12.1 Å². The van der Waals surface area contributed by atoms with Crippen LogP contribution in [0.3, 0.4) is 0 Å². The van der Waals surface area contributed by atoms with Crippen LogP contribution in [0.2, 0.25) is 0 Å². The lowest BCUT2D eigenvalue weighted by Gasteiger charge is -2.22. The number of phenols is 1. The predicted octanol–water partition coefficient (Wildman–Crippen LogP) is 2.99. The van der Waals surface area contributed by atoms with E-state index in [1.165, 1.54) is 29.4 Å². The molecule has 0 bridgehead atoms. The molecule has 0 saturated heterocycles. The number of rotatable bonds is 4. The van der Waals surface area contributed by atoms with E-state index in [1.807, 2.05) is 0 Å². The number of carboxylic acid groups (broad SMARTS) is 1. The Kier molecular flexibility index (Phi) is 4.00. The molecule has 0 amide bonds. The summed E-state index contributed by atoms with van der Waals surface area (Å²) >= 11 is 0. The predicted molar refractivity (Wildman–Crippen MR) is 79.7 cm³/mol. The third-order valence-corrected chi connectivity index (χ3v) is 3.86. The van der Waals surface area contributed by atoms with Gasteiger partial charge >= 0.3 is 5.97 Å². The van der Waals surface area contributed by atoms with Gasteiger partial charge in [-0.2, -0.15) is 5.10 Å². The molecule has 1 aromatic carbocycles. The highest BCUT2D eigenvalue weighted by Gasteiger charge is 2.24. The fraction of sp³-hybridized carbons (Fsp3) is 0.375. The number of hydrogen-bond donors (Lipinski definition) is 2. The van der Waals surface area contributed by atoms with Crippen molar-refractivity contribution in [3.63, 3.8) is 0 Å². The van der Waals surface area contributed by atoms with Gasteiger partial charge in [-0.3, -0.25) is 0 Å². The Morgan fingerprint density at radius 3 is 2.73 bits per heavy atom. The van der Waals surface area contributed by atoms with Gasteiger partial charge in [0.25, 0.3) is 0 Å². The Bertz CT molecular complexity index is 675. The minimum absolute atomic E-state index is 0.0174. The minimum Gasteiger partial charge on any atom is -0.508 e. The van der Waals surface area contributed by atoms with Crippen LogP contribution in [0, 0.1) is 0 Å². The molecule has 116 valence electrons. The topological polar surface area (TPSA) is 84.6 Å². The number of carbonyl (C=O) groups is 1. The summed E-state index contributed by atoms with van der Waals surface area (Å²) in [6.45, 7) is 0. The maximum atomic E-state index is 11.6. The molecule has 0 unspecified atom stereocenters. The van der Waals surface area contributed by atoms with Crippen LogP contribution in [-0.4, -0.2) is 32.1 Å². The molecule has 0 spiro atoms. The van der Waals surface area contributed by atoms with E-state index in [2.05, 4.69) is 5.10 Å². The standard InChI is InChI=1S/C16H18N2O4/c19-12-6-4-5-11(9-12)18-15(16(20)21)14(10-17-18)22-13-7-2-1-3-8-13/h4-6,9-10,13,19H,1-3,7-8H2,(H,20,21). The number of ether oxygens (including phenoxy) is 1. The van der Waals surface area contributed by atoms with Crippen LogP contribution in [0.15, 0.2) is 30.5 Å². The molecule has 1 aliphatic rings. The minimum atomic E-state index is -1.10. The Morgan fingerprint density at radius 2 is 2.05 bits per heavy atom. The zero-order valence-electron chi connectivity index (χ0n) is 12.1. The van der Waals surface area contributed by atoms with E-state index in [9.17, 15) is 15.0 Å². The van der Waals surface area contributed by atoms with Gasteiger partial charge < -0.3 is 14.9 Å². The largest absolute Gasteiger partial charge is 0.508 e. The number of phenolic OH excluding ortho intramolecular Hbond substituents is 1. The van der Waals surface area contributed by atoms with Crippen LogP contribution in [0.1, 0.15) is 42.6 Å². The molecule has 1 saturated carbocycles. The number of aromatic nitrogens is 2. The first-order valence-electron chi connectivity index (χ1n) is 7.42.